The summed E-state index contributed by atoms with van der Waals surface area (Å²) in [5.74, 6) is -0.0232. The summed E-state index contributed by atoms with van der Waals surface area (Å²) >= 11 is 0. The summed E-state index contributed by atoms with van der Waals surface area (Å²) in [5.41, 5.74) is 0. The summed E-state index contributed by atoms with van der Waals surface area (Å²) in [6.07, 6.45) is 0.860. The third-order valence-corrected chi connectivity index (χ3v) is 1.30. The van der Waals surface area contributed by atoms with E-state index in [1.165, 1.54) is 0 Å². The summed E-state index contributed by atoms with van der Waals surface area (Å²) in [7, 11) is 1.87. The van der Waals surface area contributed by atoms with Crippen LogP contribution in [0.1, 0.15) is 20.3 Å². The van der Waals surface area contributed by atoms with Crippen molar-refractivity contribution in [2.45, 2.75) is 26.1 Å². The van der Waals surface area contributed by atoms with Crippen molar-refractivity contribution in [3.8, 4) is 0 Å². The molecular formula is C6H13BO2. The predicted molar refractivity (Wildman–Crippen MR) is 39.2 cm³/mol. The van der Waals surface area contributed by atoms with Crippen LogP contribution in [0.5, 0.6) is 0 Å². The van der Waals surface area contributed by atoms with Crippen LogP contribution in [0, 0.1) is 0 Å². The van der Waals surface area contributed by atoms with Crippen molar-refractivity contribution in [3.63, 3.8) is 0 Å². The van der Waals surface area contributed by atoms with Crippen molar-refractivity contribution >= 4 is 13.8 Å². The van der Waals surface area contributed by atoms with Crippen molar-refractivity contribution < 1.29 is 9.53 Å². The molecule has 0 rings (SSSR count). The fourth-order valence-electron chi connectivity index (χ4n) is 0.451. The number of carbonyl (C=O) groups excluding carboxylic acids is 1. The first kappa shape index (κ1) is 8.53. The van der Waals surface area contributed by atoms with Crippen LogP contribution in [0.4, 0.5) is 0 Å². The lowest BCUT2D eigenvalue weighted by Gasteiger charge is -2.05. The molecule has 0 amide bonds. The van der Waals surface area contributed by atoms with Gasteiger partial charge in [-0.25, -0.2) is 0 Å². The number of rotatable bonds is 3. The first-order chi connectivity index (χ1) is 4.22. The molecule has 3 heteroatoms. The van der Waals surface area contributed by atoms with Crippen molar-refractivity contribution in [2.75, 3.05) is 6.61 Å². The lowest BCUT2D eigenvalue weighted by Crippen LogP contribution is -2.11. The van der Waals surface area contributed by atoms with E-state index in [4.69, 9.17) is 4.74 Å². The van der Waals surface area contributed by atoms with Crippen molar-refractivity contribution in [1.82, 2.24) is 0 Å². The van der Waals surface area contributed by atoms with Crippen LogP contribution >= 0.6 is 0 Å². The highest BCUT2D eigenvalue weighted by molar-refractivity contribution is 6.22. The molecule has 0 aromatic carbocycles. The minimum atomic E-state index is -0.0833. The second kappa shape index (κ2) is 4.42. The van der Waals surface area contributed by atoms with E-state index in [-0.39, 0.29) is 11.8 Å². The fraction of sp³-hybridized carbons (Fsp3) is 0.833. The Bertz CT molecular complexity index is 93.1. The average Bonchev–Trinajstić information content (AvgIpc) is 1.87. The van der Waals surface area contributed by atoms with Gasteiger partial charge in [-0.1, -0.05) is 13.3 Å². The highest BCUT2D eigenvalue weighted by Crippen LogP contribution is 2.05. The van der Waals surface area contributed by atoms with Gasteiger partial charge in [0.1, 0.15) is 7.85 Å². The number of carbonyl (C=O) groups is 1. The van der Waals surface area contributed by atoms with Gasteiger partial charge in [-0.05, 0) is 6.92 Å². The van der Waals surface area contributed by atoms with Gasteiger partial charge >= 0.3 is 5.97 Å². The van der Waals surface area contributed by atoms with Crippen LogP contribution in [0.25, 0.3) is 0 Å². The van der Waals surface area contributed by atoms with E-state index in [0.717, 1.165) is 6.42 Å². The smallest absolute Gasteiger partial charge is 0.300 e. The Morgan fingerprint density at radius 3 is 2.56 bits per heavy atom. The molecule has 0 fully saturated rings. The highest BCUT2D eigenvalue weighted by atomic mass is 16.5. The van der Waals surface area contributed by atoms with E-state index < -0.39 is 0 Å². The van der Waals surface area contributed by atoms with Gasteiger partial charge in [-0.3, -0.25) is 4.79 Å². The first-order valence-electron chi connectivity index (χ1n) is 3.39. The Hall–Kier alpha value is -0.465. The van der Waals surface area contributed by atoms with Gasteiger partial charge in [0.25, 0.3) is 0 Å². The molecule has 0 aromatic heterocycles. The molecule has 0 spiro atoms. The number of esters is 1. The quantitative estimate of drug-likeness (QED) is 0.405. The fourth-order valence-corrected chi connectivity index (χ4v) is 0.451. The number of ether oxygens (including phenoxy) is 1. The second-order valence-electron chi connectivity index (χ2n) is 2.06. The van der Waals surface area contributed by atoms with Crippen molar-refractivity contribution in [1.29, 1.82) is 0 Å². The molecule has 9 heavy (non-hydrogen) atoms. The zero-order valence-corrected chi connectivity index (χ0v) is 6.31. The Morgan fingerprint density at radius 1 is 1.67 bits per heavy atom. The van der Waals surface area contributed by atoms with Crippen LogP contribution in [-0.2, 0) is 9.53 Å². The average molecular weight is 128 g/mol. The molecule has 52 valence electrons. The minimum absolute atomic E-state index is 0.0601. The summed E-state index contributed by atoms with van der Waals surface area (Å²) in [6, 6.07) is 0. The number of hydrogen-bond acceptors (Lipinski definition) is 2. The van der Waals surface area contributed by atoms with Gasteiger partial charge in [0, 0.05) is 5.82 Å². The maximum Gasteiger partial charge on any atom is 0.300 e. The van der Waals surface area contributed by atoms with E-state index >= 15 is 0 Å². The summed E-state index contributed by atoms with van der Waals surface area (Å²) in [6.45, 7) is 4.28. The summed E-state index contributed by atoms with van der Waals surface area (Å²) < 4.78 is 4.76. The van der Waals surface area contributed by atoms with Gasteiger partial charge < -0.3 is 4.74 Å². The monoisotopic (exact) mass is 128 g/mol. The van der Waals surface area contributed by atoms with Crippen molar-refractivity contribution in [2.24, 2.45) is 0 Å². The molecule has 0 radical (unpaired) electrons. The molecule has 0 heterocycles. The Morgan fingerprint density at radius 2 is 2.22 bits per heavy atom. The number of hydrogen-bond donors (Lipinski definition) is 0. The van der Waals surface area contributed by atoms with E-state index in [1.54, 1.807) is 0 Å². The highest BCUT2D eigenvalue weighted by Gasteiger charge is 2.09. The third-order valence-electron chi connectivity index (χ3n) is 1.30. The van der Waals surface area contributed by atoms with E-state index in [0.29, 0.717) is 6.61 Å². The molecule has 0 aliphatic carbocycles. The van der Waals surface area contributed by atoms with Gasteiger partial charge in [0.15, 0.2) is 0 Å². The second-order valence-corrected chi connectivity index (χ2v) is 2.06. The molecule has 0 N–H and O–H groups in total. The first-order valence-corrected chi connectivity index (χ1v) is 3.39. The lowest BCUT2D eigenvalue weighted by atomic mass is 9.85. The normalized spacial score (nSPS) is 12.7. The largest absolute Gasteiger partial charge is 0.466 e. The molecule has 1 atom stereocenters. The zero-order valence-electron chi connectivity index (χ0n) is 6.31. The van der Waals surface area contributed by atoms with E-state index in [9.17, 15) is 4.79 Å². The van der Waals surface area contributed by atoms with Crippen LogP contribution in [0.15, 0.2) is 0 Å². The van der Waals surface area contributed by atoms with E-state index in [1.807, 2.05) is 21.7 Å². The topological polar surface area (TPSA) is 26.3 Å². The Balaban J connectivity index is 3.46. The molecule has 0 saturated heterocycles. The summed E-state index contributed by atoms with van der Waals surface area (Å²) in [4.78, 5) is 10.8. The minimum Gasteiger partial charge on any atom is -0.466 e. The van der Waals surface area contributed by atoms with Gasteiger partial charge in [-0.2, -0.15) is 0 Å². The maximum absolute atomic E-state index is 10.8. The van der Waals surface area contributed by atoms with Crippen LogP contribution in [0.3, 0.4) is 0 Å². The van der Waals surface area contributed by atoms with Gasteiger partial charge in [0.05, 0.1) is 6.61 Å². The standard InChI is InChI=1S/C6H13BO2/c1-3-5(7)6(8)9-4-2/h5H,3-4,7H2,1-2H3. The van der Waals surface area contributed by atoms with Crippen LogP contribution in [-0.4, -0.2) is 20.4 Å². The van der Waals surface area contributed by atoms with E-state index in [2.05, 4.69) is 0 Å². The Kier molecular flexibility index (Phi) is 4.19. The van der Waals surface area contributed by atoms with Crippen LogP contribution in [0.2, 0.25) is 5.82 Å². The molecule has 0 aromatic rings. The molecular weight excluding hydrogens is 115 g/mol. The lowest BCUT2D eigenvalue weighted by molar-refractivity contribution is -0.142. The maximum atomic E-state index is 10.8. The Labute approximate surface area is 57.0 Å². The summed E-state index contributed by atoms with van der Waals surface area (Å²) in [5, 5.41) is 0. The van der Waals surface area contributed by atoms with Crippen LogP contribution < -0.4 is 0 Å². The molecule has 0 saturated carbocycles. The molecule has 2 nitrogen and oxygen atoms in total. The molecule has 0 aliphatic heterocycles. The molecule has 1 unspecified atom stereocenters. The zero-order chi connectivity index (χ0) is 7.28. The van der Waals surface area contributed by atoms with Gasteiger partial charge in [-0.15, -0.1) is 0 Å². The SMILES string of the molecule is BC(CC)C(=O)OCC. The van der Waals surface area contributed by atoms with Crippen molar-refractivity contribution in [3.05, 3.63) is 0 Å². The molecule has 0 bridgehead atoms. The predicted octanol–water partition coefficient (Wildman–Crippen LogP) is 0.381. The molecule has 0 aliphatic rings. The third kappa shape index (κ3) is 3.17. The van der Waals surface area contributed by atoms with Gasteiger partial charge in [0.2, 0.25) is 0 Å².